The van der Waals surface area contributed by atoms with Gasteiger partial charge in [0.1, 0.15) is 11.6 Å². The fourth-order valence-corrected chi connectivity index (χ4v) is 2.92. The molecule has 0 aliphatic heterocycles. The number of benzene rings is 2. The van der Waals surface area contributed by atoms with Crippen LogP contribution in [-0.2, 0) is 0 Å². The van der Waals surface area contributed by atoms with E-state index in [9.17, 15) is 8.78 Å². The van der Waals surface area contributed by atoms with Crippen LogP contribution in [0.4, 0.5) is 8.78 Å². The third kappa shape index (κ3) is 2.98. The van der Waals surface area contributed by atoms with Crippen LogP contribution in [0.15, 0.2) is 34.8 Å². The molecule has 1 unspecified atom stereocenters. The van der Waals surface area contributed by atoms with Crippen molar-refractivity contribution >= 4 is 38.5 Å². The van der Waals surface area contributed by atoms with E-state index < -0.39 is 17.7 Å². The zero-order valence-corrected chi connectivity index (χ0v) is 13.8. The van der Waals surface area contributed by atoms with Crippen LogP contribution < -0.4 is 5.73 Å². The minimum Gasteiger partial charge on any atom is -0.320 e. The molecule has 0 saturated heterocycles. The second-order valence-corrected chi connectivity index (χ2v) is 6.31. The average Bonchev–Trinajstić information content (AvgIpc) is 2.37. The van der Waals surface area contributed by atoms with Gasteiger partial charge in [0.2, 0.25) is 0 Å². The van der Waals surface area contributed by atoms with Gasteiger partial charge in [-0.3, -0.25) is 0 Å². The molecule has 19 heavy (non-hydrogen) atoms. The van der Waals surface area contributed by atoms with Crippen LogP contribution in [0.1, 0.15) is 22.7 Å². The fourth-order valence-electron chi connectivity index (χ4n) is 1.87. The Morgan fingerprint density at radius 3 is 2.58 bits per heavy atom. The molecule has 0 amide bonds. The fraction of sp³-hybridized carbons (Fsp3) is 0.143. The van der Waals surface area contributed by atoms with Crippen molar-refractivity contribution in [1.82, 2.24) is 0 Å². The lowest BCUT2D eigenvalue weighted by Gasteiger charge is -2.17. The van der Waals surface area contributed by atoms with Crippen molar-refractivity contribution in [2.45, 2.75) is 13.0 Å². The number of halogens is 4. The van der Waals surface area contributed by atoms with E-state index in [1.807, 2.05) is 12.1 Å². The molecule has 2 aromatic carbocycles. The molecule has 0 aliphatic carbocycles. The van der Waals surface area contributed by atoms with Gasteiger partial charge in [0.15, 0.2) is 0 Å². The Hall–Kier alpha value is -0.530. The molecule has 0 saturated carbocycles. The first-order valence-electron chi connectivity index (χ1n) is 5.57. The molecule has 0 spiro atoms. The van der Waals surface area contributed by atoms with Crippen LogP contribution in [0.2, 0.25) is 0 Å². The highest BCUT2D eigenvalue weighted by Crippen LogP contribution is 2.31. The highest BCUT2D eigenvalue weighted by atomic mass is 127. The van der Waals surface area contributed by atoms with Gasteiger partial charge in [-0.2, -0.15) is 0 Å². The van der Waals surface area contributed by atoms with Gasteiger partial charge in [0.25, 0.3) is 0 Å². The van der Waals surface area contributed by atoms with Gasteiger partial charge in [0.05, 0.1) is 6.04 Å². The Morgan fingerprint density at radius 1 is 1.21 bits per heavy atom. The Kier molecular flexibility index (Phi) is 4.58. The summed E-state index contributed by atoms with van der Waals surface area (Å²) in [7, 11) is 0. The summed E-state index contributed by atoms with van der Waals surface area (Å²) in [4.78, 5) is 0. The zero-order valence-electron chi connectivity index (χ0n) is 10.1. The summed E-state index contributed by atoms with van der Waals surface area (Å²) in [5.74, 6) is -1.20. The predicted molar refractivity (Wildman–Crippen MR) is 84.0 cm³/mol. The molecule has 0 fully saturated rings. The molecular weight excluding hydrogens is 427 g/mol. The van der Waals surface area contributed by atoms with Gasteiger partial charge in [-0.15, -0.1) is 0 Å². The van der Waals surface area contributed by atoms with E-state index in [0.717, 1.165) is 8.04 Å². The summed E-state index contributed by atoms with van der Waals surface area (Å²) < 4.78 is 29.7. The van der Waals surface area contributed by atoms with E-state index in [1.165, 1.54) is 12.1 Å². The lowest BCUT2D eigenvalue weighted by molar-refractivity contribution is 0.537. The molecule has 0 radical (unpaired) electrons. The summed E-state index contributed by atoms with van der Waals surface area (Å²) in [6.07, 6.45) is 0. The molecule has 0 aromatic heterocycles. The molecular formula is C14H11BrF2IN. The second kappa shape index (κ2) is 5.85. The van der Waals surface area contributed by atoms with Gasteiger partial charge in [-0.05, 0) is 64.9 Å². The van der Waals surface area contributed by atoms with Crippen molar-refractivity contribution in [2.75, 3.05) is 0 Å². The first kappa shape index (κ1) is 14.9. The van der Waals surface area contributed by atoms with E-state index in [2.05, 4.69) is 38.5 Å². The van der Waals surface area contributed by atoms with Crippen LogP contribution in [0.25, 0.3) is 0 Å². The average molecular weight is 438 g/mol. The van der Waals surface area contributed by atoms with Crippen LogP contribution in [0, 0.1) is 22.1 Å². The van der Waals surface area contributed by atoms with Crippen molar-refractivity contribution in [2.24, 2.45) is 5.73 Å². The maximum absolute atomic E-state index is 14.1. The van der Waals surface area contributed by atoms with Crippen molar-refractivity contribution in [3.63, 3.8) is 0 Å². The second-order valence-electron chi connectivity index (χ2n) is 4.24. The predicted octanol–water partition coefficient (Wildman–Crippen LogP) is 4.69. The highest BCUT2D eigenvalue weighted by molar-refractivity contribution is 14.1. The minimum atomic E-state index is -0.829. The Bertz CT molecular complexity index is 631. The third-order valence-corrected chi connectivity index (χ3v) is 4.40. The van der Waals surface area contributed by atoms with Crippen molar-refractivity contribution in [3.8, 4) is 0 Å². The molecule has 0 bridgehead atoms. The molecule has 0 heterocycles. The number of hydrogen-bond donors (Lipinski definition) is 1. The van der Waals surface area contributed by atoms with E-state index in [1.54, 1.807) is 13.0 Å². The van der Waals surface area contributed by atoms with Gasteiger partial charge < -0.3 is 5.73 Å². The standard InChI is InChI=1S/C14H11BrF2IN/c1-7-2-4-10(16)12(13(7)17)14(19)9-6-8(15)3-5-11(9)18/h2-6,14H,19H2,1H3. The highest BCUT2D eigenvalue weighted by Gasteiger charge is 2.21. The molecule has 2 rings (SSSR count). The topological polar surface area (TPSA) is 26.0 Å². The van der Waals surface area contributed by atoms with Crippen molar-refractivity contribution in [1.29, 1.82) is 0 Å². The van der Waals surface area contributed by atoms with E-state index >= 15 is 0 Å². The first-order valence-corrected chi connectivity index (χ1v) is 7.44. The summed E-state index contributed by atoms with van der Waals surface area (Å²) in [5, 5.41) is 0. The number of nitrogens with two attached hydrogens (primary N) is 1. The molecule has 2 aromatic rings. The number of aryl methyl sites for hydroxylation is 1. The van der Waals surface area contributed by atoms with E-state index in [0.29, 0.717) is 11.1 Å². The quantitative estimate of drug-likeness (QED) is 0.678. The van der Waals surface area contributed by atoms with Gasteiger partial charge in [-0.1, -0.05) is 22.0 Å². The first-order chi connectivity index (χ1) is 8.91. The molecule has 2 N–H and O–H groups in total. The van der Waals surface area contributed by atoms with Crippen LogP contribution >= 0.6 is 38.5 Å². The molecule has 1 nitrogen and oxygen atoms in total. The monoisotopic (exact) mass is 437 g/mol. The lowest BCUT2D eigenvalue weighted by Crippen LogP contribution is -2.17. The molecule has 0 aliphatic rings. The summed E-state index contributed by atoms with van der Waals surface area (Å²) in [6.45, 7) is 1.59. The van der Waals surface area contributed by atoms with E-state index in [-0.39, 0.29) is 5.56 Å². The molecule has 5 heteroatoms. The van der Waals surface area contributed by atoms with Crippen molar-refractivity contribution in [3.05, 3.63) is 66.7 Å². The number of rotatable bonds is 2. The molecule has 1 atom stereocenters. The maximum Gasteiger partial charge on any atom is 0.134 e. The van der Waals surface area contributed by atoms with Crippen LogP contribution in [-0.4, -0.2) is 0 Å². The van der Waals surface area contributed by atoms with Crippen molar-refractivity contribution < 1.29 is 8.78 Å². The van der Waals surface area contributed by atoms with Gasteiger partial charge in [-0.25, -0.2) is 8.78 Å². The van der Waals surface area contributed by atoms with Gasteiger partial charge >= 0.3 is 0 Å². The van der Waals surface area contributed by atoms with Gasteiger partial charge in [0, 0.05) is 13.6 Å². The Balaban J connectivity index is 2.59. The van der Waals surface area contributed by atoms with Crippen LogP contribution in [0.5, 0.6) is 0 Å². The third-order valence-electron chi connectivity index (χ3n) is 2.92. The molecule has 100 valence electrons. The van der Waals surface area contributed by atoms with E-state index in [4.69, 9.17) is 5.73 Å². The smallest absolute Gasteiger partial charge is 0.134 e. The number of hydrogen-bond acceptors (Lipinski definition) is 1. The normalized spacial score (nSPS) is 12.5. The Labute approximate surface area is 132 Å². The lowest BCUT2D eigenvalue weighted by atomic mass is 9.97. The maximum atomic E-state index is 14.1. The summed E-state index contributed by atoms with van der Waals surface area (Å²) in [6, 6.07) is 7.33. The largest absolute Gasteiger partial charge is 0.320 e. The van der Waals surface area contributed by atoms with Crippen LogP contribution in [0.3, 0.4) is 0 Å². The summed E-state index contributed by atoms with van der Waals surface area (Å²) in [5.41, 5.74) is 7.04. The Morgan fingerprint density at radius 2 is 1.89 bits per heavy atom. The SMILES string of the molecule is Cc1ccc(F)c(C(N)c2cc(Br)ccc2I)c1F. The summed E-state index contributed by atoms with van der Waals surface area (Å²) >= 11 is 5.45. The zero-order chi connectivity index (χ0) is 14.2. The minimum absolute atomic E-state index is 0.0870.